The first-order chi connectivity index (χ1) is 11.0. The molecular weight excluding hydrogens is 284 g/mol. The van der Waals surface area contributed by atoms with Crippen LogP contribution in [0.15, 0.2) is 0 Å². The number of carbonyl (C=O) groups excluding carboxylic acids is 1. The van der Waals surface area contributed by atoms with Crippen LogP contribution in [0.4, 0.5) is 0 Å². The molecule has 0 aromatic rings. The van der Waals surface area contributed by atoms with Gasteiger partial charge < -0.3 is 9.90 Å². The van der Waals surface area contributed by atoms with Crippen LogP contribution in [0.3, 0.4) is 0 Å². The third-order valence-electron chi connectivity index (χ3n) is 9.22. The molecule has 4 saturated carbocycles. The second-order valence-corrected chi connectivity index (χ2v) is 9.81. The average Bonchev–Trinajstić information content (AvgIpc) is 2.85. The highest BCUT2D eigenvalue weighted by Gasteiger charge is 2.59. The molecule has 0 aromatic carbocycles. The number of hydrogen-bond donors (Lipinski definition) is 1. The lowest BCUT2D eigenvalue weighted by Gasteiger charge is -2.61. The molecular formula is C21H34O2. The van der Waals surface area contributed by atoms with Crippen molar-refractivity contribution in [1.82, 2.24) is 0 Å². The van der Waals surface area contributed by atoms with Gasteiger partial charge in [-0.25, -0.2) is 0 Å². The molecule has 0 radical (unpaired) electrons. The van der Waals surface area contributed by atoms with Crippen LogP contribution in [-0.4, -0.2) is 17.5 Å². The van der Waals surface area contributed by atoms with Crippen molar-refractivity contribution in [3.8, 4) is 0 Å². The van der Waals surface area contributed by atoms with E-state index in [-0.39, 0.29) is 6.10 Å². The van der Waals surface area contributed by atoms with Crippen molar-refractivity contribution in [3.63, 3.8) is 0 Å². The Bertz CT molecular complexity index is 474. The minimum absolute atomic E-state index is 0.0399. The molecule has 23 heavy (non-hydrogen) atoms. The highest BCUT2D eigenvalue weighted by molar-refractivity contribution is 5.50. The highest BCUT2D eigenvalue weighted by atomic mass is 16.3. The van der Waals surface area contributed by atoms with Crippen molar-refractivity contribution in [3.05, 3.63) is 0 Å². The minimum Gasteiger partial charge on any atom is -0.393 e. The van der Waals surface area contributed by atoms with Gasteiger partial charge in [0.1, 0.15) is 6.29 Å². The summed E-state index contributed by atoms with van der Waals surface area (Å²) in [5.41, 5.74) is 0.908. The molecule has 0 heterocycles. The minimum atomic E-state index is -0.0399. The molecule has 0 spiro atoms. The van der Waals surface area contributed by atoms with Gasteiger partial charge in [-0.1, -0.05) is 13.8 Å². The van der Waals surface area contributed by atoms with Gasteiger partial charge in [0.05, 0.1) is 6.10 Å². The van der Waals surface area contributed by atoms with Gasteiger partial charge in [-0.2, -0.15) is 0 Å². The third-order valence-corrected chi connectivity index (χ3v) is 9.22. The van der Waals surface area contributed by atoms with E-state index in [1.54, 1.807) is 0 Å². The highest BCUT2D eigenvalue weighted by Crippen LogP contribution is 2.67. The molecule has 0 aliphatic heterocycles. The van der Waals surface area contributed by atoms with E-state index in [1.165, 1.54) is 51.2 Å². The van der Waals surface area contributed by atoms with Gasteiger partial charge in [-0.15, -0.1) is 0 Å². The van der Waals surface area contributed by atoms with E-state index in [9.17, 15) is 9.90 Å². The summed E-state index contributed by atoms with van der Waals surface area (Å²) >= 11 is 0. The Morgan fingerprint density at radius 2 is 1.70 bits per heavy atom. The maximum atomic E-state index is 11.1. The lowest BCUT2D eigenvalue weighted by molar-refractivity contribution is -0.128. The second-order valence-electron chi connectivity index (χ2n) is 9.81. The lowest BCUT2D eigenvalue weighted by atomic mass is 9.44. The number of rotatable bonds is 2. The van der Waals surface area contributed by atoms with Crippen molar-refractivity contribution in [2.75, 3.05) is 0 Å². The van der Waals surface area contributed by atoms with Crippen LogP contribution in [0.5, 0.6) is 0 Å². The molecule has 0 saturated heterocycles. The van der Waals surface area contributed by atoms with Crippen molar-refractivity contribution in [2.45, 2.75) is 84.2 Å². The Morgan fingerprint density at radius 1 is 0.957 bits per heavy atom. The number of fused-ring (bicyclic) bond motifs is 5. The molecule has 2 nitrogen and oxygen atoms in total. The smallest absolute Gasteiger partial charge is 0.120 e. The van der Waals surface area contributed by atoms with Crippen molar-refractivity contribution >= 4 is 6.29 Å². The topological polar surface area (TPSA) is 37.3 Å². The predicted molar refractivity (Wildman–Crippen MR) is 91.9 cm³/mol. The van der Waals surface area contributed by atoms with Gasteiger partial charge in [0.2, 0.25) is 0 Å². The number of hydrogen-bond acceptors (Lipinski definition) is 2. The van der Waals surface area contributed by atoms with Gasteiger partial charge >= 0.3 is 0 Å². The summed E-state index contributed by atoms with van der Waals surface area (Å²) in [6, 6.07) is 0. The SMILES string of the molecule is C[C@]12CC[C@@H](O)C[C@@H]1CC[C@@H]1[C@@H]2CC[C@]2(C)[C@@H](CC=O)CC[C@@H]12. The maximum Gasteiger partial charge on any atom is 0.120 e. The molecule has 4 aliphatic rings. The zero-order valence-electron chi connectivity index (χ0n) is 15.0. The van der Waals surface area contributed by atoms with E-state index in [0.717, 1.165) is 42.9 Å². The molecule has 4 rings (SSSR count). The van der Waals surface area contributed by atoms with Crippen LogP contribution in [0.25, 0.3) is 0 Å². The molecule has 4 fully saturated rings. The number of aldehydes is 1. The standard InChI is InChI=1S/C21H34O2/c1-20-11-8-19-17(18(20)6-4-14(20)9-12-22)5-3-15-13-16(23)7-10-21(15,19)2/h12,14-19,23H,3-11,13H2,1-2H3/t14-,15+,16-,17+,18+,19+,20-,21+/m1/s1. The Labute approximate surface area is 141 Å². The molecule has 8 atom stereocenters. The quantitative estimate of drug-likeness (QED) is 0.756. The molecule has 0 bridgehead atoms. The van der Waals surface area contributed by atoms with E-state index < -0.39 is 0 Å². The van der Waals surface area contributed by atoms with Crippen LogP contribution in [0.2, 0.25) is 0 Å². The lowest BCUT2D eigenvalue weighted by Crippen LogP contribution is -2.53. The first-order valence-electron chi connectivity index (χ1n) is 10.1. The van der Waals surface area contributed by atoms with Crippen LogP contribution in [0.1, 0.15) is 78.1 Å². The van der Waals surface area contributed by atoms with E-state index in [0.29, 0.717) is 16.7 Å². The zero-order chi connectivity index (χ0) is 16.2. The van der Waals surface area contributed by atoms with Crippen molar-refractivity contribution in [2.24, 2.45) is 40.4 Å². The molecule has 130 valence electrons. The second kappa shape index (κ2) is 5.58. The molecule has 1 N–H and O–H groups in total. The predicted octanol–water partition coefficient (Wildman–Crippen LogP) is 4.60. The molecule has 0 aromatic heterocycles. The van der Waals surface area contributed by atoms with E-state index in [4.69, 9.17) is 0 Å². The van der Waals surface area contributed by atoms with Crippen molar-refractivity contribution < 1.29 is 9.90 Å². The number of aliphatic hydroxyl groups excluding tert-OH is 1. The molecule has 4 aliphatic carbocycles. The zero-order valence-corrected chi connectivity index (χ0v) is 15.0. The van der Waals surface area contributed by atoms with Gasteiger partial charge in [-0.3, -0.25) is 0 Å². The largest absolute Gasteiger partial charge is 0.393 e. The van der Waals surface area contributed by atoms with Gasteiger partial charge in [0.15, 0.2) is 0 Å². The van der Waals surface area contributed by atoms with Crippen molar-refractivity contribution in [1.29, 1.82) is 0 Å². The monoisotopic (exact) mass is 318 g/mol. The first-order valence-corrected chi connectivity index (χ1v) is 10.1. The van der Waals surface area contributed by atoms with Gasteiger partial charge in [-0.05, 0) is 98.2 Å². The fraction of sp³-hybridized carbons (Fsp3) is 0.952. The fourth-order valence-corrected chi connectivity index (χ4v) is 7.85. The normalized spacial score (nSPS) is 55.6. The Hall–Kier alpha value is -0.370. The third kappa shape index (κ3) is 2.27. The molecule has 0 unspecified atom stereocenters. The molecule has 2 heteroatoms. The Kier molecular flexibility index (Phi) is 3.91. The fourth-order valence-electron chi connectivity index (χ4n) is 7.85. The average molecular weight is 319 g/mol. The summed E-state index contributed by atoms with van der Waals surface area (Å²) in [4.78, 5) is 11.1. The summed E-state index contributed by atoms with van der Waals surface area (Å²) in [6.07, 6.45) is 13.3. The van der Waals surface area contributed by atoms with Gasteiger partial charge in [0, 0.05) is 6.42 Å². The summed E-state index contributed by atoms with van der Waals surface area (Å²) in [5.74, 6) is 4.02. The summed E-state index contributed by atoms with van der Waals surface area (Å²) < 4.78 is 0. The summed E-state index contributed by atoms with van der Waals surface area (Å²) in [7, 11) is 0. The Balaban J connectivity index is 1.59. The molecule has 0 amide bonds. The number of carbonyl (C=O) groups is 1. The van der Waals surface area contributed by atoms with E-state index in [1.807, 2.05) is 0 Å². The van der Waals surface area contributed by atoms with Crippen LogP contribution >= 0.6 is 0 Å². The summed E-state index contributed by atoms with van der Waals surface area (Å²) in [6.45, 7) is 5.06. The number of aliphatic hydroxyl groups is 1. The van der Waals surface area contributed by atoms with Crippen LogP contribution in [-0.2, 0) is 4.79 Å². The van der Waals surface area contributed by atoms with Crippen LogP contribution < -0.4 is 0 Å². The van der Waals surface area contributed by atoms with E-state index in [2.05, 4.69) is 13.8 Å². The summed E-state index contributed by atoms with van der Waals surface area (Å²) in [5, 5.41) is 10.1. The van der Waals surface area contributed by atoms with Gasteiger partial charge in [0.25, 0.3) is 0 Å². The Morgan fingerprint density at radius 3 is 2.48 bits per heavy atom. The van der Waals surface area contributed by atoms with E-state index >= 15 is 0 Å². The van der Waals surface area contributed by atoms with Crippen LogP contribution in [0, 0.1) is 40.4 Å². The maximum absolute atomic E-state index is 11.1. The first kappa shape index (κ1) is 16.1.